The third kappa shape index (κ3) is 4.80. The zero-order valence-electron chi connectivity index (χ0n) is 14.8. The van der Waals surface area contributed by atoms with Gasteiger partial charge in [0.05, 0.1) is 5.02 Å². The molecule has 8 nitrogen and oxygen atoms in total. The van der Waals surface area contributed by atoms with E-state index in [2.05, 4.69) is 15.3 Å². The first-order valence-electron chi connectivity index (χ1n) is 8.32. The molecule has 0 atom stereocenters. The SMILES string of the molecule is Nc1ncnc(N)c1NC(=O)c1ccc(OCCOc2ccccc2)c(Cl)c1. The van der Waals surface area contributed by atoms with Gasteiger partial charge in [0.1, 0.15) is 36.7 Å². The monoisotopic (exact) mass is 399 g/mol. The van der Waals surface area contributed by atoms with E-state index in [0.29, 0.717) is 24.5 Å². The lowest BCUT2D eigenvalue weighted by Crippen LogP contribution is -2.16. The zero-order valence-corrected chi connectivity index (χ0v) is 15.5. The summed E-state index contributed by atoms with van der Waals surface area (Å²) in [5.74, 6) is 0.897. The number of carbonyl (C=O) groups is 1. The first-order valence-corrected chi connectivity index (χ1v) is 8.70. The van der Waals surface area contributed by atoms with E-state index in [4.69, 9.17) is 32.5 Å². The number of hydrogen-bond donors (Lipinski definition) is 3. The van der Waals surface area contributed by atoms with Crippen molar-refractivity contribution in [1.82, 2.24) is 9.97 Å². The molecule has 0 bridgehead atoms. The highest BCUT2D eigenvalue weighted by molar-refractivity contribution is 6.32. The molecular formula is C19H18ClN5O3. The lowest BCUT2D eigenvalue weighted by Gasteiger charge is -2.12. The van der Waals surface area contributed by atoms with Crippen LogP contribution in [0.1, 0.15) is 10.4 Å². The summed E-state index contributed by atoms with van der Waals surface area (Å²) in [6, 6.07) is 14.1. The van der Waals surface area contributed by atoms with E-state index >= 15 is 0 Å². The van der Waals surface area contributed by atoms with Gasteiger partial charge in [0.25, 0.3) is 5.91 Å². The molecule has 0 saturated carbocycles. The number of nitrogens with one attached hydrogen (secondary N) is 1. The summed E-state index contributed by atoms with van der Waals surface area (Å²) in [5, 5.41) is 2.87. The van der Waals surface area contributed by atoms with Gasteiger partial charge in [-0.1, -0.05) is 29.8 Å². The van der Waals surface area contributed by atoms with E-state index in [1.54, 1.807) is 12.1 Å². The fourth-order valence-corrected chi connectivity index (χ4v) is 2.55. The van der Waals surface area contributed by atoms with Crippen molar-refractivity contribution in [2.75, 3.05) is 30.0 Å². The Morgan fingerprint density at radius 2 is 1.68 bits per heavy atom. The van der Waals surface area contributed by atoms with Gasteiger partial charge in [0.2, 0.25) is 0 Å². The Morgan fingerprint density at radius 3 is 2.36 bits per heavy atom. The molecule has 3 rings (SSSR count). The Labute approximate surface area is 166 Å². The summed E-state index contributed by atoms with van der Waals surface area (Å²) in [5.41, 5.74) is 11.9. The summed E-state index contributed by atoms with van der Waals surface area (Å²) < 4.78 is 11.2. The molecule has 1 heterocycles. The lowest BCUT2D eigenvalue weighted by atomic mass is 10.2. The van der Waals surface area contributed by atoms with Crippen LogP contribution in [0.15, 0.2) is 54.9 Å². The number of aromatic nitrogens is 2. The van der Waals surface area contributed by atoms with E-state index in [9.17, 15) is 4.79 Å². The second kappa shape index (κ2) is 8.92. The molecule has 144 valence electrons. The molecule has 0 unspecified atom stereocenters. The van der Waals surface area contributed by atoms with Gasteiger partial charge in [0, 0.05) is 5.56 Å². The van der Waals surface area contributed by atoms with E-state index in [1.807, 2.05) is 30.3 Å². The number of hydrogen-bond acceptors (Lipinski definition) is 7. The van der Waals surface area contributed by atoms with E-state index < -0.39 is 5.91 Å². The van der Waals surface area contributed by atoms with Crippen LogP contribution in [0.25, 0.3) is 0 Å². The number of nitrogens with zero attached hydrogens (tertiary/aromatic N) is 2. The Bertz CT molecular complexity index is 949. The number of ether oxygens (including phenoxy) is 2. The van der Waals surface area contributed by atoms with Crippen molar-refractivity contribution in [3.05, 3.63) is 65.4 Å². The van der Waals surface area contributed by atoms with Crippen molar-refractivity contribution in [3.63, 3.8) is 0 Å². The summed E-state index contributed by atoms with van der Waals surface area (Å²) in [7, 11) is 0. The van der Waals surface area contributed by atoms with Crippen LogP contribution in [0.5, 0.6) is 11.5 Å². The Kier molecular flexibility index (Phi) is 6.13. The van der Waals surface area contributed by atoms with Crippen LogP contribution in [-0.4, -0.2) is 29.1 Å². The molecule has 0 aliphatic carbocycles. The number of para-hydroxylation sites is 1. The topological polar surface area (TPSA) is 125 Å². The van der Waals surface area contributed by atoms with Gasteiger partial charge in [-0.2, -0.15) is 0 Å². The third-order valence-corrected chi connectivity index (χ3v) is 3.99. The highest BCUT2D eigenvalue weighted by Gasteiger charge is 2.14. The average Bonchev–Trinajstić information content (AvgIpc) is 2.70. The van der Waals surface area contributed by atoms with Crippen molar-refractivity contribution in [3.8, 4) is 11.5 Å². The minimum atomic E-state index is -0.450. The molecule has 2 aromatic carbocycles. The quantitative estimate of drug-likeness (QED) is 0.521. The second-order valence-electron chi connectivity index (χ2n) is 5.63. The van der Waals surface area contributed by atoms with Crippen molar-refractivity contribution in [2.24, 2.45) is 0 Å². The average molecular weight is 400 g/mol. The second-order valence-corrected chi connectivity index (χ2v) is 6.04. The molecule has 0 aliphatic rings. The molecule has 1 aromatic heterocycles. The molecule has 9 heteroatoms. The maximum absolute atomic E-state index is 12.4. The van der Waals surface area contributed by atoms with Crippen LogP contribution >= 0.6 is 11.6 Å². The van der Waals surface area contributed by atoms with Gasteiger partial charge in [-0.25, -0.2) is 9.97 Å². The molecule has 0 radical (unpaired) electrons. The Morgan fingerprint density at radius 1 is 1.00 bits per heavy atom. The lowest BCUT2D eigenvalue weighted by molar-refractivity contribution is 0.102. The fraction of sp³-hybridized carbons (Fsp3) is 0.105. The standard InChI is InChI=1S/C19H18ClN5O3/c20-14-10-12(19(26)25-16-17(21)23-11-24-18(16)22)6-7-15(14)28-9-8-27-13-4-2-1-3-5-13/h1-7,10-11H,8-9H2,(H,25,26)(H4,21,22,23,24). The largest absolute Gasteiger partial charge is 0.490 e. The van der Waals surface area contributed by atoms with Gasteiger partial charge in [-0.15, -0.1) is 0 Å². The number of amides is 1. The number of halogens is 1. The van der Waals surface area contributed by atoms with E-state index in [-0.39, 0.29) is 22.3 Å². The van der Waals surface area contributed by atoms with Crippen molar-refractivity contribution < 1.29 is 14.3 Å². The summed E-state index contributed by atoms with van der Waals surface area (Å²) in [6.45, 7) is 0.656. The van der Waals surface area contributed by atoms with Gasteiger partial charge in [-0.05, 0) is 30.3 Å². The first kappa shape index (κ1) is 19.2. The normalized spacial score (nSPS) is 10.3. The molecule has 0 fully saturated rings. The predicted molar refractivity (Wildman–Crippen MR) is 108 cm³/mol. The maximum Gasteiger partial charge on any atom is 0.255 e. The number of rotatable bonds is 7. The van der Waals surface area contributed by atoms with E-state index in [0.717, 1.165) is 5.75 Å². The summed E-state index contributed by atoms with van der Waals surface area (Å²) in [6.07, 6.45) is 1.21. The molecule has 1 amide bonds. The smallest absolute Gasteiger partial charge is 0.255 e. The molecule has 0 spiro atoms. The van der Waals surface area contributed by atoms with Crippen molar-refractivity contribution in [2.45, 2.75) is 0 Å². The number of nitrogen functional groups attached to an aromatic ring is 2. The molecular weight excluding hydrogens is 382 g/mol. The van der Waals surface area contributed by atoms with Crippen LogP contribution in [0.4, 0.5) is 17.3 Å². The van der Waals surface area contributed by atoms with Crippen molar-refractivity contribution >= 4 is 34.8 Å². The highest BCUT2D eigenvalue weighted by atomic mass is 35.5. The van der Waals surface area contributed by atoms with Gasteiger partial charge in [-0.3, -0.25) is 4.79 Å². The first-order chi connectivity index (χ1) is 13.5. The van der Waals surface area contributed by atoms with Gasteiger partial charge < -0.3 is 26.3 Å². The summed E-state index contributed by atoms with van der Waals surface area (Å²) >= 11 is 6.22. The van der Waals surface area contributed by atoms with Gasteiger partial charge in [0.15, 0.2) is 11.6 Å². The minimum absolute atomic E-state index is 0.0744. The van der Waals surface area contributed by atoms with Gasteiger partial charge >= 0.3 is 0 Å². The van der Waals surface area contributed by atoms with Crippen molar-refractivity contribution in [1.29, 1.82) is 0 Å². The van der Waals surface area contributed by atoms with Crippen LogP contribution in [0, 0.1) is 0 Å². The summed E-state index contributed by atoms with van der Waals surface area (Å²) in [4.78, 5) is 20.0. The fourth-order valence-electron chi connectivity index (χ4n) is 2.31. The maximum atomic E-state index is 12.4. The van der Waals surface area contributed by atoms with Crippen LogP contribution in [-0.2, 0) is 0 Å². The third-order valence-electron chi connectivity index (χ3n) is 3.69. The van der Waals surface area contributed by atoms with Crippen LogP contribution < -0.4 is 26.3 Å². The number of carbonyl (C=O) groups excluding carboxylic acids is 1. The zero-order chi connectivity index (χ0) is 19.9. The molecule has 5 N–H and O–H groups in total. The Balaban J connectivity index is 1.58. The Hall–Kier alpha value is -3.52. The van der Waals surface area contributed by atoms with Crippen LogP contribution in [0.2, 0.25) is 5.02 Å². The van der Waals surface area contributed by atoms with E-state index in [1.165, 1.54) is 12.4 Å². The number of benzene rings is 2. The molecule has 0 aliphatic heterocycles. The highest BCUT2D eigenvalue weighted by Crippen LogP contribution is 2.27. The number of nitrogens with two attached hydrogens (primary N) is 2. The molecule has 3 aromatic rings. The number of anilines is 3. The molecule has 0 saturated heterocycles. The predicted octanol–water partition coefficient (Wildman–Crippen LogP) is 3.00. The minimum Gasteiger partial charge on any atom is -0.490 e. The molecule has 28 heavy (non-hydrogen) atoms. The van der Waals surface area contributed by atoms with Crippen LogP contribution in [0.3, 0.4) is 0 Å².